The molecule has 2 aromatic rings. The number of methoxy groups -OCH3 is 1. The quantitative estimate of drug-likeness (QED) is 0.657. The lowest BCUT2D eigenvalue weighted by Crippen LogP contribution is -2.47. The van der Waals surface area contributed by atoms with E-state index in [-0.39, 0.29) is 12.3 Å². The molecule has 7 heteroatoms. The van der Waals surface area contributed by atoms with Gasteiger partial charge in [-0.2, -0.15) is 0 Å². The molecule has 1 aromatic heterocycles. The van der Waals surface area contributed by atoms with Crippen LogP contribution in [0.5, 0.6) is 0 Å². The van der Waals surface area contributed by atoms with E-state index in [1.807, 2.05) is 44.3 Å². The average Bonchev–Trinajstić information content (AvgIpc) is 3.10. The van der Waals surface area contributed by atoms with Crippen LogP contribution in [0.1, 0.15) is 32.3 Å². The van der Waals surface area contributed by atoms with E-state index in [0.717, 1.165) is 16.5 Å². The Balaban J connectivity index is 1.80. The van der Waals surface area contributed by atoms with Crippen molar-refractivity contribution in [2.24, 2.45) is 5.92 Å². The van der Waals surface area contributed by atoms with Crippen molar-refractivity contribution in [2.45, 2.75) is 39.2 Å². The fraction of sp³-hybridized carbons (Fsp3) is 0.450. The third-order valence-electron chi connectivity index (χ3n) is 4.62. The van der Waals surface area contributed by atoms with Crippen LogP contribution in [-0.4, -0.2) is 42.6 Å². The summed E-state index contributed by atoms with van der Waals surface area (Å²) in [5, 5.41) is 3.64. The zero-order valence-corrected chi connectivity index (χ0v) is 15.9. The first-order valence-electron chi connectivity index (χ1n) is 9.04. The van der Waals surface area contributed by atoms with Gasteiger partial charge in [-0.3, -0.25) is 9.59 Å². The van der Waals surface area contributed by atoms with Gasteiger partial charge < -0.3 is 19.8 Å². The van der Waals surface area contributed by atoms with Gasteiger partial charge in [0.2, 0.25) is 0 Å². The predicted molar refractivity (Wildman–Crippen MR) is 101 cm³/mol. The molecule has 2 atom stereocenters. The maximum atomic E-state index is 12.0. The van der Waals surface area contributed by atoms with E-state index < -0.39 is 30.5 Å². The molecule has 1 amide bonds. The first kappa shape index (κ1) is 20.5. The Morgan fingerprint density at radius 2 is 1.96 bits per heavy atom. The van der Waals surface area contributed by atoms with Gasteiger partial charge in [0.25, 0.3) is 5.91 Å². The van der Waals surface area contributed by atoms with Crippen LogP contribution in [0, 0.1) is 5.92 Å². The maximum Gasteiger partial charge on any atom is 0.328 e. The van der Waals surface area contributed by atoms with Crippen molar-refractivity contribution in [1.82, 2.24) is 10.3 Å². The standard InChI is InChI=1S/C20H26N2O5/c1-4-13(2)19(20(25)26-3)22-17(23)12-27-18(24)10-9-14-11-21-16-8-6-5-7-15(14)16/h5-8,11,13,19,21H,4,9-10,12H2,1-3H3,(H,22,23)/t13-,19+/m0/s1. The van der Waals surface area contributed by atoms with Crippen LogP contribution in [0.2, 0.25) is 0 Å². The third-order valence-corrected chi connectivity index (χ3v) is 4.62. The Bertz CT molecular complexity index is 799. The van der Waals surface area contributed by atoms with Gasteiger partial charge in [0.05, 0.1) is 7.11 Å². The van der Waals surface area contributed by atoms with E-state index in [4.69, 9.17) is 9.47 Å². The highest BCUT2D eigenvalue weighted by molar-refractivity contribution is 5.87. The van der Waals surface area contributed by atoms with Gasteiger partial charge in [-0.05, 0) is 24.0 Å². The monoisotopic (exact) mass is 374 g/mol. The number of H-pyrrole nitrogens is 1. The van der Waals surface area contributed by atoms with Gasteiger partial charge >= 0.3 is 11.9 Å². The first-order chi connectivity index (χ1) is 13.0. The number of carbonyl (C=O) groups is 3. The molecule has 0 unspecified atom stereocenters. The van der Waals surface area contributed by atoms with Gasteiger partial charge in [-0.1, -0.05) is 38.5 Å². The molecule has 27 heavy (non-hydrogen) atoms. The van der Waals surface area contributed by atoms with E-state index in [1.165, 1.54) is 7.11 Å². The van der Waals surface area contributed by atoms with Crippen molar-refractivity contribution in [3.8, 4) is 0 Å². The second-order valence-electron chi connectivity index (χ2n) is 6.47. The summed E-state index contributed by atoms with van der Waals surface area (Å²) >= 11 is 0. The number of amides is 1. The molecule has 0 aliphatic carbocycles. The molecule has 7 nitrogen and oxygen atoms in total. The summed E-state index contributed by atoms with van der Waals surface area (Å²) in [5.41, 5.74) is 2.04. The van der Waals surface area contributed by atoms with E-state index >= 15 is 0 Å². The van der Waals surface area contributed by atoms with Crippen molar-refractivity contribution in [3.63, 3.8) is 0 Å². The second-order valence-corrected chi connectivity index (χ2v) is 6.47. The number of hydrogen-bond donors (Lipinski definition) is 2. The fourth-order valence-electron chi connectivity index (χ4n) is 2.80. The lowest BCUT2D eigenvalue weighted by atomic mass is 9.99. The number of fused-ring (bicyclic) bond motifs is 1. The molecule has 1 heterocycles. The minimum absolute atomic E-state index is 0.0843. The van der Waals surface area contributed by atoms with E-state index in [9.17, 15) is 14.4 Å². The van der Waals surface area contributed by atoms with E-state index in [1.54, 1.807) is 0 Å². The highest BCUT2D eigenvalue weighted by Crippen LogP contribution is 2.19. The van der Waals surface area contributed by atoms with Crippen LogP contribution in [0.3, 0.4) is 0 Å². The fourth-order valence-corrected chi connectivity index (χ4v) is 2.80. The Morgan fingerprint density at radius 3 is 2.67 bits per heavy atom. The normalized spacial score (nSPS) is 13.0. The smallest absolute Gasteiger partial charge is 0.328 e. The molecule has 2 N–H and O–H groups in total. The summed E-state index contributed by atoms with van der Waals surface area (Å²) in [6.45, 7) is 3.34. The molecule has 1 aromatic carbocycles. The molecule has 0 fully saturated rings. The Hall–Kier alpha value is -2.83. The van der Waals surface area contributed by atoms with Crippen LogP contribution >= 0.6 is 0 Å². The number of hydrogen-bond acceptors (Lipinski definition) is 5. The molecule has 146 valence electrons. The molecule has 0 spiro atoms. The zero-order chi connectivity index (χ0) is 19.8. The molecular formula is C20H26N2O5. The van der Waals surface area contributed by atoms with Crippen molar-refractivity contribution in [2.75, 3.05) is 13.7 Å². The first-order valence-corrected chi connectivity index (χ1v) is 9.04. The highest BCUT2D eigenvalue weighted by Gasteiger charge is 2.26. The Labute approximate surface area is 158 Å². The van der Waals surface area contributed by atoms with Gasteiger partial charge in [0, 0.05) is 23.5 Å². The van der Waals surface area contributed by atoms with Crippen LogP contribution < -0.4 is 5.32 Å². The number of carbonyl (C=O) groups excluding carboxylic acids is 3. The Morgan fingerprint density at radius 1 is 1.22 bits per heavy atom. The summed E-state index contributed by atoms with van der Waals surface area (Å²) in [7, 11) is 1.27. The molecule has 0 radical (unpaired) electrons. The molecule has 0 saturated heterocycles. The lowest BCUT2D eigenvalue weighted by Gasteiger charge is -2.21. The predicted octanol–water partition coefficient (Wildman–Crippen LogP) is 2.35. The summed E-state index contributed by atoms with van der Waals surface area (Å²) < 4.78 is 9.74. The highest BCUT2D eigenvalue weighted by atomic mass is 16.5. The van der Waals surface area contributed by atoms with Gasteiger partial charge in [-0.15, -0.1) is 0 Å². The Kier molecular flexibility index (Phi) is 7.40. The van der Waals surface area contributed by atoms with Crippen molar-refractivity contribution in [1.29, 1.82) is 0 Å². The minimum Gasteiger partial charge on any atom is -0.467 e. The van der Waals surface area contributed by atoms with Crippen molar-refractivity contribution in [3.05, 3.63) is 36.0 Å². The van der Waals surface area contributed by atoms with Crippen molar-refractivity contribution >= 4 is 28.7 Å². The number of esters is 2. The molecule has 0 aliphatic heterocycles. The molecule has 0 bridgehead atoms. The van der Waals surface area contributed by atoms with Crippen LogP contribution in [0.25, 0.3) is 10.9 Å². The molecular weight excluding hydrogens is 348 g/mol. The summed E-state index contributed by atoms with van der Waals surface area (Å²) in [4.78, 5) is 38.9. The number of rotatable bonds is 9. The van der Waals surface area contributed by atoms with Crippen LogP contribution in [0.4, 0.5) is 0 Å². The van der Waals surface area contributed by atoms with E-state index in [2.05, 4.69) is 10.3 Å². The SMILES string of the molecule is CC[C@H](C)[C@@H](NC(=O)COC(=O)CCc1c[nH]c2ccccc12)C(=O)OC. The number of aryl methyl sites for hydroxylation is 1. The number of aromatic amines is 1. The van der Waals surface area contributed by atoms with Gasteiger partial charge in [0.15, 0.2) is 6.61 Å². The number of nitrogens with one attached hydrogen (secondary N) is 2. The summed E-state index contributed by atoms with van der Waals surface area (Å²) in [5.74, 6) is -1.58. The number of ether oxygens (including phenoxy) is 2. The summed E-state index contributed by atoms with van der Waals surface area (Å²) in [6.07, 6.45) is 3.26. The molecule has 0 saturated carbocycles. The number of benzene rings is 1. The van der Waals surface area contributed by atoms with Crippen molar-refractivity contribution < 1.29 is 23.9 Å². The van der Waals surface area contributed by atoms with Crippen LogP contribution in [0.15, 0.2) is 30.5 Å². The topological polar surface area (TPSA) is 97.5 Å². The minimum atomic E-state index is -0.752. The van der Waals surface area contributed by atoms with Gasteiger partial charge in [-0.25, -0.2) is 4.79 Å². The maximum absolute atomic E-state index is 12.0. The van der Waals surface area contributed by atoms with E-state index in [0.29, 0.717) is 12.8 Å². The molecule has 0 aliphatic rings. The third kappa shape index (κ3) is 5.57. The average molecular weight is 374 g/mol. The largest absolute Gasteiger partial charge is 0.467 e. The summed E-state index contributed by atoms with van der Waals surface area (Å²) in [6, 6.07) is 7.09. The number of aromatic nitrogens is 1. The second kappa shape index (κ2) is 9.75. The van der Waals surface area contributed by atoms with Gasteiger partial charge in [0.1, 0.15) is 6.04 Å². The lowest BCUT2D eigenvalue weighted by molar-refractivity contribution is -0.151. The number of para-hydroxylation sites is 1. The molecule has 2 rings (SSSR count). The zero-order valence-electron chi connectivity index (χ0n) is 15.9. The van der Waals surface area contributed by atoms with Crippen LogP contribution in [-0.2, 0) is 30.3 Å².